The number of ether oxygens (including phenoxy) is 2. The van der Waals surface area contributed by atoms with Gasteiger partial charge in [-0.25, -0.2) is 0 Å². The summed E-state index contributed by atoms with van der Waals surface area (Å²) >= 11 is 0. The second-order valence-corrected chi connectivity index (χ2v) is 9.62. The van der Waals surface area contributed by atoms with Crippen molar-refractivity contribution in [1.29, 1.82) is 0 Å². The lowest BCUT2D eigenvalue weighted by molar-refractivity contribution is -0.153. The monoisotopic (exact) mass is 440 g/mol. The zero-order valence-corrected chi connectivity index (χ0v) is 21.4. The molecule has 1 atom stereocenters. The van der Waals surface area contributed by atoms with Gasteiger partial charge in [0.05, 0.1) is 18.1 Å². The minimum atomic E-state index is -0.0495. The fourth-order valence-electron chi connectivity index (χ4n) is 3.92. The molecule has 0 spiro atoms. The SMILES string of the molecule is CCC(CCCCCCCCCCCCCCCCC(=O)OC(C)C)C(=O)OC(C)C. The van der Waals surface area contributed by atoms with Crippen LogP contribution in [0, 0.1) is 5.92 Å². The maximum Gasteiger partial charge on any atom is 0.309 e. The molecule has 0 aliphatic rings. The van der Waals surface area contributed by atoms with Gasteiger partial charge < -0.3 is 9.47 Å². The van der Waals surface area contributed by atoms with E-state index in [1.54, 1.807) is 0 Å². The predicted octanol–water partition coefficient (Wildman–Crippen LogP) is 8.16. The molecule has 0 amide bonds. The van der Waals surface area contributed by atoms with E-state index in [-0.39, 0.29) is 30.1 Å². The highest BCUT2D eigenvalue weighted by molar-refractivity contribution is 5.72. The molecule has 184 valence electrons. The first-order valence-corrected chi connectivity index (χ1v) is 13.3. The third-order valence-corrected chi connectivity index (χ3v) is 5.73. The van der Waals surface area contributed by atoms with Gasteiger partial charge in [-0.3, -0.25) is 9.59 Å². The highest BCUT2D eigenvalue weighted by atomic mass is 16.5. The van der Waals surface area contributed by atoms with Gasteiger partial charge in [0.15, 0.2) is 0 Å². The van der Waals surface area contributed by atoms with Gasteiger partial charge in [-0.05, 0) is 47.0 Å². The maximum atomic E-state index is 12.0. The summed E-state index contributed by atoms with van der Waals surface area (Å²) in [5.74, 6) is 0.0270. The molecule has 0 heterocycles. The standard InChI is InChI=1S/C27H52O4/c1-6-25(27(29)31-24(4)5)21-19-17-15-13-11-9-7-8-10-12-14-16-18-20-22-26(28)30-23(2)3/h23-25H,6-22H2,1-5H3. The van der Waals surface area contributed by atoms with Crippen molar-refractivity contribution in [3.05, 3.63) is 0 Å². The Balaban J connectivity index is 3.33. The Hall–Kier alpha value is -1.06. The van der Waals surface area contributed by atoms with Crippen LogP contribution in [0.1, 0.15) is 144 Å². The first-order valence-electron chi connectivity index (χ1n) is 13.3. The zero-order valence-electron chi connectivity index (χ0n) is 21.4. The molecule has 0 aromatic rings. The van der Waals surface area contributed by atoms with Crippen molar-refractivity contribution in [1.82, 2.24) is 0 Å². The summed E-state index contributed by atoms with van der Waals surface area (Å²) < 4.78 is 10.5. The Bertz CT molecular complexity index is 431. The number of esters is 2. The third kappa shape index (κ3) is 20.6. The van der Waals surface area contributed by atoms with Crippen LogP contribution < -0.4 is 0 Å². The van der Waals surface area contributed by atoms with Gasteiger partial charge in [0, 0.05) is 6.42 Å². The Morgan fingerprint density at radius 3 is 1.35 bits per heavy atom. The second kappa shape index (κ2) is 20.8. The number of carbonyl (C=O) groups is 2. The van der Waals surface area contributed by atoms with Gasteiger partial charge >= 0.3 is 11.9 Å². The first-order chi connectivity index (χ1) is 14.9. The molecule has 0 saturated heterocycles. The molecule has 0 aliphatic carbocycles. The van der Waals surface area contributed by atoms with Crippen molar-refractivity contribution in [2.45, 2.75) is 156 Å². The van der Waals surface area contributed by atoms with Gasteiger partial charge in [-0.15, -0.1) is 0 Å². The van der Waals surface area contributed by atoms with Crippen LogP contribution in [0.2, 0.25) is 0 Å². The minimum absolute atomic E-state index is 0.00607. The summed E-state index contributed by atoms with van der Waals surface area (Å²) in [5.41, 5.74) is 0. The maximum absolute atomic E-state index is 12.0. The normalized spacial score (nSPS) is 12.4. The van der Waals surface area contributed by atoms with Crippen molar-refractivity contribution in [3.8, 4) is 0 Å². The zero-order chi connectivity index (χ0) is 23.3. The largest absolute Gasteiger partial charge is 0.463 e. The Labute approximate surface area is 193 Å². The average molecular weight is 441 g/mol. The van der Waals surface area contributed by atoms with Crippen LogP contribution in [0.4, 0.5) is 0 Å². The van der Waals surface area contributed by atoms with E-state index in [1.807, 2.05) is 27.7 Å². The van der Waals surface area contributed by atoms with Crippen molar-refractivity contribution in [3.63, 3.8) is 0 Å². The molecule has 0 radical (unpaired) electrons. The van der Waals surface area contributed by atoms with E-state index < -0.39 is 0 Å². The summed E-state index contributed by atoms with van der Waals surface area (Å²) in [6.45, 7) is 9.72. The van der Waals surface area contributed by atoms with Crippen LogP contribution in [0.3, 0.4) is 0 Å². The van der Waals surface area contributed by atoms with E-state index in [1.165, 1.54) is 70.6 Å². The Kier molecular flexibility index (Phi) is 20.1. The van der Waals surface area contributed by atoms with Gasteiger partial charge in [0.25, 0.3) is 0 Å². The molecule has 0 N–H and O–H groups in total. The second-order valence-electron chi connectivity index (χ2n) is 9.62. The Morgan fingerprint density at radius 2 is 0.968 bits per heavy atom. The number of carbonyl (C=O) groups excluding carboxylic acids is 2. The van der Waals surface area contributed by atoms with Crippen LogP contribution in [-0.2, 0) is 19.1 Å². The predicted molar refractivity (Wildman–Crippen MR) is 130 cm³/mol. The third-order valence-electron chi connectivity index (χ3n) is 5.73. The van der Waals surface area contributed by atoms with Crippen LogP contribution >= 0.6 is 0 Å². The molecular formula is C27H52O4. The molecular weight excluding hydrogens is 388 g/mol. The highest BCUT2D eigenvalue weighted by Gasteiger charge is 2.18. The van der Waals surface area contributed by atoms with E-state index in [0.29, 0.717) is 6.42 Å². The lowest BCUT2D eigenvalue weighted by Gasteiger charge is -2.16. The summed E-state index contributed by atoms with van der Waals surface area (Å²) in [4.78, 5) is 23.4. The topological polar surface area (TPSA) is 52.6 Å². The molecule has 0 rings (SSSR count). The smallest absolute Gasteiger partial charge is 0.309 e. The molecule has 0 aromatic carbocycles. The van der Waals surface area contributed by atoms with Crippen LogP contribution in [0.5, 0.6) is 0 Å². The quantitative estimate of drug-likeness (QED) is 0.133. The molecule has 0 fully saturated rings. The number of unbranched alkanes of at least 4 members (excludes halogenated alkanes) is 13. The van der Waals surface area contributed by atoms with Crippen molar-refractivity contribution in [2.24, 2.45) is 5.92 Å². The van der Waals surface area contributed by atoms with Gasteiger partial charge in [0.2, 0.25) is 0 Å². The van der Waals surface area contributed by atoms with Crippen molar-refractivity contribution in [2.75, 3.05) is 0 Å². The summed E-state index contributed by atoms with van der Waals surface area (Å²) in [6, 6.07) is 0. The van der Waals surface area contributed by atoms with E-state index in [4.69, 9.17) is 9.47 Å². The van der Waals surface area contributed by atoms with E-state index >= 15 is 0 Å². The average Bonchev–Trinajstić information content (AvgIpc) is 2.69. The van der Waals surface area contributed by atoms with Gasteiger partial charge in [-0.2, -0.15) is 0 Å². The van der Waals surface area contributed by atoms with E-state index in [0.717, 1.165) is 32.1 Å². The molecule has 0 aliphatic heterocycles. The molecule has 0 saturated carbocycles. The van der Waals surface area contributed by atoms with Crippen LogP contribution in [0.15, 0.2) is 0 Å². The lowest BCUT2D eigenvalue weighted by Crippen LogP contribution is -2.20. The molecule has 4 heteroatoms. The van der Waals surface area contributed by atoms with Gasteiger partial charge in [0.1, 0.15) is 0 Å². The Morgan fingerprint density at radius 1 is 0.581 bits per heavy atom. The van der Waals surface area contributed by atoms with Crippen LogP contribution in [-0.4, -0.2) is 24.1 Å². The highest BCUT2D eigenvalue weighted by Crippen LogP contribution is 2.18. The van der Waals surface area contributed by atoms with Crippen molar-refractivity contribution >= 4 is 11.9 Å². The molecule has 0 bridgehead atoms. The van der Waals surface area contributed by atoms with E-state index in [9.17, 15) is 9.59 Å². The molecule has 31 heavy (non-hydrogen) atoms. The van der Waals surface area contributed by atoms with Crippen molar-refractivity contribution < 1.29 is 19.1 Å². The fourth-order valence-corrected chi connectivity index (χ4v) is 3.92. The number of rotatable bonds is 21. The minimum Gasteiger partial charge on any atom is -0.463 e. The molecule has 4 nitrogen and oxygen atoms in total. The number of hydrogen-bond donors (Lipinski definition) is 0. The van der Waals surface area contributed by atoms with E-state index in [2.05, 4.69) is 6.92 Å². The molecule has 1 unspecified atom stereocenters. The van der Waals surface area contributed by atoms with Crippen LogP contribution in [0.25, 0.3) is 0 Å². The summed E-state index contributed by atoms with van der Waals surface area (Å²) in [7, 11) is 0. The van der Waals surface area contributed by atoms with Gasteiger partial charge in [-0.1, -0.05) is 90.4 Å². The summed E-state index contributed by atoms with van der Waals surface area (Å²) in [6.07, 6.45) is 20.2. The first kappa shape index (κ1) is 29.9. The lowest BCUT2D eigenvalue weighted by atomic mass is 9.97. The fraction of sp³-hybridized carbons (Fsp3) is 0.926. The number of hydrogen-bond acceptors (Lipinski definition) is 4. The summed E-state index contributed by atoms with van der Waals surface area (Å²) in [5, 5.41) is 0. The molecule has 0 aromatic heterocycles.